The van der Waals surface area contributed by atoms with Crippen LogP contribution in [0.5, 0.6) is 5.75 Å². The Kier molecular flexibility index (Phi) is 9.96. The third-order valence-electron chi connectivity index (χ3n) is 6.76. The Hall–Kier alpha value is -3.11. The smallest absolute Gasteiger partial charge is 0.341 e. The summed E-state index contributed by atoms with van der Waals surface area (Å²) >= 11 is 2.77. The van der Waals surface area contributed by atoms with E-state index in [1.165, 1.54) is 28.7 Å². The Morgan fingerprint density at radius 3 is 2.51 bits per heavy atom. The third kappa shape index (κ3) is 7.60. The van der Waals surface area contributed by atoms with Gasteiger partial charge >= 0.3 is 5.97 Å². The van der Waals surface area contributed by atoms with Crippen LogP contribution in [-0.2, 0) is 34.3 Å². The summed E-state index contributed by atoms with van der Waals surface area (Å²) < 4.78 is 13.6. The molecule has 0 fully saturated rings. The molecule has 1 N–H and O–H groups in total. The van der Waals surface area contributed by atoms with Crippen molar-refractivity contribution >= 4 is 40.0 Å². The van der Waals surface area contributed by atoms with Crippen LogP contribution >= 0.6 is 23.1 Å². The molecule has 0 bridgehead atoms. The zero-order valence-corrected chi connectivity index (χ0v) is 26.4. The average Bonchev–Trinajstić information content (AvgIpc) is 3.48. The Morgan fingerprint density at radius 1 is 1.15 bits per heavy atom. The summed E-state index contributed by atoms with van der Waals surface area (Å²) in [5, 5.41) is 12.9. The van der Waals surface area contributed by atoms with Crippen LogP contribution in [0.3, 0.4) is 0 Å². The van der Waals surface area contributed by atoms with E-state index >= 15 is 0 Å². The molecule has 0 radical (unpaired) electrons. The molecule has 4 rings (SSSR count). The van der Waals surface area contributed by atoms with Crippen LogP contribution in [0.15, 0.2) is 42.1 Å². The molecule has 0 aliphatic heterocycles. The molecular weight excluding hydrogens is 556 g/mol. The Balaban J connectivity index is 1.44. The van der Waals surface area contributed by atoms with Crippen molar-refractivity contribution in [1.29, 1.82) is 0 Å². The first-order chi connectivity index (χ1) is 19.5. The molecule has 10 heteroatoms. The molecule has 1 aliphatic rings. The van der Waals surface area contributed by atoms with Gasteiger partial charge in [-0.05, 0) is 75.1 Å². The molecule has 0 spiro atoms. The van der Waals surface area contributed by atoms with Crippen molar-refractivity contribution in [2.45, 2.75) is 96.5 Å². The first-order valence-corrected chi connectivity index (χ1v) is 15.9. The number of esters is 1. The number of aromatic nitrogens is 3. The number of ether oxygens (including phenoxy) is 2. The highest BCUT2D eigenvalue weighted by Crippen LogP contribution is 2.39. The Morgan fingerprint density at radius 2 is 1.85 bits per heavy atom. The molecule has 2 aromatic heterocycles. The number of benzene rings is 1. The zero-order chi connectivity index (χ0) is 29.7. The fourth-order valence-electron chi connectivity index (χ4n) is 4.73. The molecule has 3 aromatic rings. The van der Waals surface area contributed by atoms with Gasteiger partial charge in [-0.2, -0.15) is 0 Å². The first-order valence-electron chi connectivity index (χ1n) is 14.1. The predicted molar refractivity (Wildman–Crippen MR) is 165 cm³/mol. The van der Waals surface area contributed by atoms with E-state index in [2.05, 4.69) is 55.0 Å². The molecule has 0 saturated heterocycles. The van der Waals surface area contributed by atoms with E-state index in [0.29, 0.717) is 28.1 Å². The van der Waals surface area contributed by atoms with Gasteiger partial charge in [0.2, 0.25) is 5.91 Å². The van der Waals surface area contributed by atoms with Crippen LogP contribution in [-0.4, -0.2) is 38.5 Å². The summed E-state index contributed by atoms with van der Waals surface area (Å²) in [7, 11) is 0. The second kappa shape index (κ2) is 13.2. The normalized spacial score (nSPS) is 13.9. The van der Waals surface area contributed by atoms with Gasteiger partial charge in [0.1, 0.15) is 10.8 Å². The number of thioether (sulfide) groups is 1. The van der Waals surface area contributed by atoms with E-state index in [-0.39, 0.29) is 35.3 Å². The van der Waals surface area contributed by atoms with Gasteiger partial charge in [-0.15, -0.1) is 28.1 Å². The number of anilines is 1. The SMILES string of the molecule is C=CCn1c(SCC(=O)Nc2sc3c(c2C(=O)OC(C)C)CCCC3)nnc1C(C)Oc1ccc(C(C)(C)C)cc1. The third-order valence-corrected chi connectivity index (χ3v) is 8.93. The van der Waals surface area contributed by atoms with Crippen molar-refractivity contribution in [2.24, 2.45) is 0 Å². The summed E-state index contributed by atoms with van der Waals surface area (Å²) in [4.78, 5) is 27.2. The summed E-state index contributed by atoms with van der Waals surface area (Å²) in [6.45, 7) is 16.5. The van der Waals surface area contributed by atoms with Crippen LogP contribution in [0.25, 0.3) is 0 Å². The number of allylic oxidation sites excluding steroid dienone is 1. The van der Waals surface area contributed by atoms with Crippen molar-refractivity contribution < 1.29 is 19.1 Å². The van der Waals surface area contributed by atoms with E-state index in [0.717, 1.165) is 41.9 Å². The Labute approximate surface area is 250 Å². The summed E-state index contributed by atoms with van der Waals surface area (Å²) in [6.07, 6.45) is 5.03. The van der Waals surface area contributed by atoms with Crippen LogP contribution < -0.4 is 10.1 Å². The van der Waals surface area contributed by atoms with Gasteiger partial charge < -0.3 is 14.8 Å². The monoisotopic (exact) mass is 596 g/mol. The molecule has 1 aliphatic carbocycles. The van der Waals surface area contributed by atoms with Gasteiger partial charge in [-0.25, -0.2) is 4.79 Å². The summed E-state index contributed by atoms with van der Waals surface area (Å²) in [5.41, 5.74) is 2.83. The largest absolute Gasteiger partial charge is 0.483 e. The maximum atomic E-state index is 13.1. The van der Waals surface area contributed by atoms with E-state index < -0.39 is 0 Å². The maximum absolute atomic E-state index is 13.1. The number of nitrogens with zero attached hydrogens (tertiary/aromatic N) is 3. The van der Waals surface area contributed by atoms with E-state index in [4.69, 9.17) is 9.47 Å². The summed E-state index contributed by atoms with van der Waals surface area (Å²) in [5.74, 6) is 0.917. The van der Waals surface area contributed by atoms with Crippen molar-refractivity contribution in [2.75, 3.05) is 11.1 Å². The first kappa shape index (κ1) is 30.8. The number of carbonyl (C=O) groups excluding carboxylic acids is 2. The minimum absolute atomic E-state index is 0.0640. The van der Waals surface area contributed by atoms with E-state index in [9.17, 15) is 9.59 Å². The molecular formula is C31H40N4O4S2. The molecule has 1 atom stereocenters. The van der Waals surface area contributed by atoms with E-state index in [1.807, 2.05) is 37.5 Å². The zero-order valence-electron chi connectivity index (χ0n) is 24.8. The highest BCUT2D eigenvalue weighted by Gasteiger charge is 2.28. The number of thiophene rings is 1. The van der Waals surface area contributed by atoms with Gasteiger partial charge in [0, 0.05) is 11.4 Å². The Bertz CT molecular complexity index is 1390. The fourth-order valence-corrected chi connectivity index (χ4v) is 6.78. The highest BCUT2D eigenvalue weighted by molar-refractivity contribution is 7.99. The standard InChI is InChI=1S/C31H40N4O4S2/c1-8-17-35-27(20(4)39-22-15-13-21(14-16-22)31(5,6)7)33-34-30(35)40-18-25(36)32-28-26(29(37)38-19(2)3)23-11-9-10-12-24(23)41-28/h8,13-16,19-20H,1,9-12,17-18H2,2-7H3,(H,32,36). The minimum atomic E-state index is -0.375. The summed E-state index contributed by atoms with van der Waals surface area (Å²) in [6, 6.07) is 8.10. The van der Waals surface area contributed by atoms with Crippen LogP contribution in [0.1, 0.15) is 92.7 Å². The van der Waals surface area contributed by atoms with Gasteiger partial charge in [0.05, 0.1) is 17.4 Å². The molecule has 41 heavy (non-hydrogen) atoms. The minimum Gasteiger partial charge on any atom is -0.483 e. The molecule has 1 amide bonds. The lowest BCUT2D eigenvalue weighted by molar-refractivity contribution is -0.113. The number of carbonyl (C=O) groups is 2. The maximum Gasteiger partial charge on any atom is 0.341 e. The van der Waals surface area contributed by atoms with Crippen molar-refractivity contribution in [3.05, 3.63) is 64.3 Å². The molecule has 220 valence electrons. The molecule has 8 nitrogen and oxygen atoms in total. The van der Waals surface area contributed by atoms with Gasteiger partial charge in [0.25, 0.3) is 0 Å². The van der Waals surface area contributed by atoms with Gasteiger partial charge in [-0.1, -0.05) is 50.7 Å². The van der Waals surface area contributed by atoms with Crippen LogP contribution in [0, 0.1) is 0 Å². The second-order valence-corrected chi connectivity index (χ2v) is 13.5. The number of hydrogen-bond donors (Lipinski definition) is 1. The lowest BCUT2D eigenvalue weighted by atomic mass is 9.87. The van der Waals surface area contributed by atoms with Crippen LogP contribution in [0.2, 0.25) is 0 Å². The number of aryl methyl sites for hydroxylation is 1. The lowest BCUT2D eigenvalue weighted by Gasteiger charge is -2.20. The average molecular weight is 597 g/mol. The lowest BCUT2D eigenvalue weighted by Crippen LogP contribution is -2.19. The van der Waals surface area contributed by atoms with Crippen molar-refractivity contribution in [3.63, 3.8) is 0 Å². The highest BCUT2D eigenvalue weighted by atomic mass is 32.2. The van der Waals surface area contributed by atoms with Crippen molar-refractivity contribution in [1.82, 2.24) is 14.8 Å². The molecule has 1 unspecified atom stereocenters. The quantitative estimate of drug-likeness (QED) is 0.143. The van der Waals surface area contributed by atoms with Crippen LogP contribution in [0.4, 0.5) is 5.00 Å². The van der Waals surface area contributed by atoms with Crippen molar-refractivity contribution in [3.8, 4) is 5.75 Å². The molecule has 0 saturated carbocycles. The molecule has 1 aromatic carbocycles. The second-order valence-electron chi connectivity index (χ2n) is 11.5. The molecule has 2 heterocycles. The number of fused-ring (bicyclic) bond motifs is 1. The number of amides is 1. The van der Waals surface area contributed by atoms with Gasteiger partial charge in [0.15, 0.2) is 17.1 Å². The van der Waals surface area contributed by atoms with Gasteiger partial charge in [-0.3, -0.25) is 9.36 Å². The number of nitrogens with one attached hydrogen (secondary N) is 1. The predicted octanol–water partition coefficient (Wildman–Crippen LogP) is 7.14. The topological polar surface area (TPSA) is 95.3 Å². The van der Waals surface area contributed by atoms with E-state index in [1.54, 1.807) is 6.08 Å². The number of hydrogen-bond acceptors (Lipinski definition) is 8. The number of rotatable bonds is 11. The fraction of sp³-hybridized carbons (Fsp3) is 0.484.